The third-order valence-corrected chi connectivity index (χ3v) is 7.31. The molecule has 2 aromatic rings. The van der Waals surface area contributed by atoms with Crippen LogP contribution in [0.2, 0.25) is 0 Å². The fourth-order valence-electron chi connectivity index (χ4n) is 5.09. The van der Waals surface area contributed by atoms with Crippen molar-refractivity contribution in [1.82, 2.24) is 10.2 Å². The Morgan fingerprint density at radius 2 is 1.84 bits per heavy atom. The van der Waals surface area contributed by atoms with Crippen LogP contribution in [0.4, 0.5) is 0 Å². The van der Waals surface area contributed by atoms with Gasteiger partial charge in [0.05, 0.1) is 31.4 Å². The second kappa shape index (κ2) is 16.2. The number of Topliss-reactive ketones (excluding diaryl/α,β-unsaturated/α-hetero) is 1. The van der Waals surface area contributed by atoms with Gasteiger partial charge in [-0.1, -0.05) is 20.8 Å². The highest BCUT2D eigenvalue weighted by atomic mass is 79.9. The minimum Gasteiger partial charge on any atom is -0.493 e. The standard InChI is InChI=1S/C33H42N4O6.BrH/c1-6-42-28-17-23-19-37(31(35)24(23)18-25(28)32(41)36-5)20-27(38)22-15-21(11-7-9-13-34)30(26(16-22)33(2,3)4)43-14-10-8-12-29(39)40;/h15-18,35H,6-12,14,19-20H2,1-5H3,(H,36,41)(H,39,40);1H. The zero-order valence-corrected chi connectivity index (χ0v) is 27.9. The average Bonchev–Trinajstić information content (AvgIpc) is 3.25. The van der Waals surface area contributed by atoms with Gasteiger partial charge in [-0.05, 0) is 73.4 Å². The number of aryl methyl sites for hydroxylation is 1. The molecule has 3 rings (SSSR count). The number of benzene rings is 2. The van der Waals surface area contributed by atoms with Crippen LogP contribution in [0.5, 0.6) is 11.5 Å². The number of carboxylic acid groups (broad SMARTS) is 1. The molecule has 1 amide bonds. The molecule has 1 aliphatic heterocycles. The summed E-state index contributed by atoms with van der Waals surface area (Å²) in [5.41, 5.74) is 3.58. The van der Waals surface area contributed by atoms with Gasteiger partial charge in [0.1, 0.15) is 17.3 Å². The van der Waals surface area contributed by atoms with E-state index in [1.807, 2.05) is 39.8 Å². The molecule has 0 aliphatic carbocycles. The molecule has 10 nitrogen and oxygen atoms in total. The van der Waals surface area contributed by atoms with Gasteiger partial charge in [-0.15, -0.1) is 17.0 Å². The normalized spacial score (nSPS) is 12.2. The molecule has 11 heteroatoms. The number of rotatable bonds is 15. The SMILES string of the molecule is Br.CCOc1cc2c(cc1C(=O)NC)C(=N)N(CC(=O)c1cc(CCCC#N)c(OCCCCC(=O)O)c(C(C)(C)C)c1)C2. The summed E-state index contributed by atoms with van der Waals surface area (Å²) in [6.07, 6.45) is 2.68. The second-order valence-electron chi connectivity index (χ2n) is 11.6. The van der Waals surface area contributed by atoms with Crippen LogP contribution in [0.1, 0.15) is 103 Å². The molecule has 0 saturated heterocycles. The molecule has 0 bridgehead atoms. The first kappa shape index (κ1) is 36.3. The Morgan fingerprint density at radius 3 is 2.45 bits per heavy atom. The van der Waals surface area contributed by atoms with Gasteiger partial charge < -0.3 is 24.8 Å². The molecule has 3 N–H and O–H groups in total. The number of halogens is 1. The van der Waals surface area contributed by atoms with E-state index in [9.17, 15) is 14.4 Å². The van der Waals surface area contributed by atoms with Gasteiger partial charge in [0.25, 0.3) is 5.91 Å². The smallest absolute Gasteiger partial charge is 0.303 e. The van der Waals surface area contributed by atoms with Crippen LogP contribution in [-0.2, 0) is 23.2 Å². The van der Waals surface area contributed by atoms with Crippen molar-refractivity contribution >= 4 is 40.5 Å². The topological polar surface area (TPSA) is 153 Å². The van der Waals surface area contributed by atoms with Gasteiger partial charge in [0.2, 0.25) is 0 Å². The summed E-state index contributed by atoms with van der Waals surface area (Å²) in [4.78, 5) is 38.8. The maximum absolute atomic E-state index is 13.7. The Labute approximate surface area is 270 Å². The quantitative estimate of drug-likeness (QED) is 0.158. The lowest BCUT2D eigenvalue weighted by Gasteiger charge is -2.26. The van der Waals surface area contributed by atoms with Crippen LogP contribution in [0, 0.1) is 16.7 Å². The van der Waals surface area contributed by atoms with Crippen molar-refractivity contribution in [3.8, 4) is 17.6 Å². The van der Waals surface area contributed by atoms with E-state index in [0.29, 0.717) is 80.1 Å². The number of nitrogens with one attached hydrogen (secondary N) is 2. The zero-order chi connectivity index (χ0) is 31.7. The number of ether oxygens (including phenoxy) is 2. The Kier molecular flexibility index (Phi) is 13.4. The maximum atomic E-state index is 13.7. The summed E-state index contributed by atoms with van der Waals surface area (Å²) < 4.78 is 11.9. The molecular formula is C33H43BrN4O6. The number of nitriles is 1. The van der Waals surface area contributed by atoms with Crippen molar-refractivity contribution in [3.63, 3.8) is 0 Å². The summed E-state index contributed by atoms with van der Waals surface area (Å²) in [5, 5.41) is 29.5. The predicted molar refractivity (Wildman–Crippen MR) is 174 cm³/mol. The molecule has 0 radical (unpaired) electrons. The first-order valence-electron chi connectivity index (χ1n) is 14.7. The lowest BCUT2D eigenvalue weighted by atomic mass is 9.82. The van der Waals surface area contributed by atoms with E-state index in [4.69, 9.17) is 25.3 Å². The Balaban J connectivity index is 0.00000675. The summed E-state index contributed by atoms with van der Waals surface area (Å²) in [7, 11) is 1.54. The molecule has 0 spiro atoms. The lowest BCUT2D eigenvalue weighted by molar-refractivity contribution is -0.137. The maximum Gasteiger partial charge on any atom is 0.303 e. The number of aliphatic carboxylic acids is 1. The average molecular weight is 672 g/mol. The molecule has 0 unspecified atom stereocenters. The van der Waals surface area contributed by atoms with E-state index in [0.717, 1.165) is 16.7 Å². The van der Waals surface area contributed by atoms with E-state index < -0.39 is 5.97 Å². The van der Waals surface area contributed by atoms with E-state index >= 15 is 0 Å². The minimum absolute atomic E-state index is 0. The fraction of sp³-hybridized carbons (Fsp3) is 0.485. The second-order valence-corrected chi connectivity index (χ2v) is 11.6. The predicted octanol–water partition coefficient (Wildman–Crippen LogP) is 5.82. The first-order chi connectivity index (χ1) is 20.4. The van der Waals surface area contributed by atoms with Crippen molar-refractivity contribution < 1.29 is 29.0 Å². The molecule has 0 saturated carbocycles. The number of hydrogen-bond donors (Lipinski definition) is 3. The van der Waals surface area contributed by atoms with Gasteiger partial charge in [-0.2, -0.15) is 5.26 Å². The number of carbonyl (C=O) groups is 3. The third kappa shape index (κ3) is 9.05. The summed E-state index contributed by atoms with van der Waals surface area (Å²) in [6.45, 7) is 9.01. The van der Waals surface area contributed by atoms with E-state index in [1.54, 1.807) is 17.0 Å². The van der Waals surface area contributed by atoms with Crippen molar-refractivity contribution in [1.29, 1.82) is 10.7 Å². The molecule has 0 atom stereocenters. The summed E-state index contributed by atoms with van der Waals surface area (Å²) in [5.74, 6) is -0.0132. The molecule has 2 aromatic carbocycles. The highest BCUT2D eigenvalue weighted by molar-refractivity contribution is 8.93. The van der Waals surface area contributed by atoms with E-state index in [1.165, 1.54) is 7.05 Å². The number of nitrogens with zero attached hydrogens (tertiary/aromatic N) is 2. The van der Waals surface area contributed by atoms with Crippen molar-refractivity contribution in [2.45, 2.75) is 78.2 Å². The molecule has 1 aliphatic rings. The van der Waals surface area contributed by atoms with Gasteiger partial charge in [-0.3, -0.25) is 19.8 Å². The third-order valence-electron chi connectivity index (χ3n) is 7.31. The highest BCUT2D eigenvalue weighted by Crippen LogP contribution is 2.37. The van der Waals surface area contributed by atoms with Gasteiger partial charge >= 0.3 is 5.97 Å². The zero-order valence-electron chi connectivity index (χ0n) is 26.2. The molecular weight excluding hydrogens is 628 g/mol. The highest BCUT2D eigenvalue weighted by Gasteiger charge is 2.30. The molecule has 44 heavy (non-hydrogen) atoms. The first-order valence-corrected chi connectivity index (χ1v) is 14.7. The van der Waals surface area contributed by atoms with Gasteiger partial charge in [-0.25, -0.2) is 0 Å². The molecule has 1 heterocycles. The lowest BCUT2D eigenvalue weighted by Crippen LogP contribution is -2.30. The van der Waals surface area contributed by atoms with Crippen LogP contribution < -0.4 is 14.8 Å². The molecule has 238 valence electrons. The number of amidine groups is 1. The largest absolute Gasteiger partial charge is 0.493 e. The number of unbranched alkanes of at least 4 members (excludes halogenated alkanes) is 2. The Bertz CT molecular complexity index is 1430. The Morgan fingerprint density at radius 1 is 1.11 bits per heavy atom. The van der Waals surface area contributed by atoms with Crippen molar-refractivity contribution in [2.24, 2.45) is 0 Å². The number of ketones is 1. The van der Waals surface area contributed by atoms with Crippen LogP contribution in [0.15, 0.2) is 24.3 Å². The van der Waals surface area contributed by atoms with E-state index in [-0.39, 0.29) is 52.9 Å². The number of carboxylic acids is 1. The van der Waals surface area contributed by atoms with Gasteiger partial charge in [0, 0.05) is 43.1 Å². The molecule has 0 aromatic heterocycles. The monoisotopic (exact) mass is 670 g/mol. The number of hydrogen-bond acceptors (Lipinski definition) is 7. The number of amides is 1. The number of fused-ring (bicyclic) bond motifs is 1. The van der Waals surface area contributed by atoms with Crippen LogP contribution in [0.3, 0.4) is 0 Å². The summed E-state index contributed by atoms with van der Waals surface area (Å²) >= 11 is 0. The fourth-order valence-corrected chi connectivity index (χ4v) is 5.09. The summed E-state index contributed by atoms with van der Waals surface area (Å²) in [6, 6.07) is 9.28. The number of carbonyl (C=O) groups excluding carboxylic acids is 2. The van der Waals surface area contributed by atoms with Crippen molar-refractivity contribution in [3.05, 3.63) is 57.6 Å². The van der Waals surface area contributed by atoms with Crippen LogP contribution >= 0.6 is 17.0 Å². The van der Waals surface area contributed by atoms with Crippen molar-refractivity contribution in [2.75, 3.05) is 26.8 Å². The van der Waals surface area contributed by atoms with Crippen LogP contribution in [-0.4, -0.2) is 60.3 Å². The molecule has 0 fully saturated rings. The van der Waals surface area contributed by atoms with Gasteiger partial charge in [0.15, 0.2) is 5.78 Å². The Hall–Kier alpha value is -3.91. The minimum atomic E-state index is -0.841. The van der Waals surface area contributed by atoms with E-state index in [2.05, 4.69) is 11.4 Å². The van der Waals surface area contributed by atoms with Crippen LogP contribution in [0.25, 0.3) is 0 Å².